The van der Waals surface area contributed by atoms with E-state index in [4.69, 9.17) is 0 Å². The number of benzene rings is 1. The van der Waals surface area contributed by atoms with Crippen molar-refractivity contribution in [3.63, 3.8) is 0 Å². The summed E-state index contributed by atoms with van der Waals surface area (Å²) in [6.45, 7) is 12.2. The van der Waals surface area contributed by atoms with Crippen LogP contribution < -0.4 is 5.32 Å². The number of halogens is 1. The van der Waals surface area contributed by atoms with E-state index in [1.54, 1.807) is 12.1 Å². The average Bonchev–Trinajstić information content (AvgIpc) is 2.26. The summed E-state index contributed by atoms with van der Waals surface area (Å²) in [6, 6.07) is 6.87. The predicted molar refractivity (Wildman–Crippen MR) is 80.9 cm³/mol. The fourth-order valence-corrected chi connectivity index (χ4v) is 2.03. The van der Waals surface area contributed by atoms with Crippen molar-refractivity contribution in [1.29, 1.82) is 0 Å². The molecule has 1 N–H and O–H groups in total. The molecule has 108 valence electrons. The van der Waals surface area contributed by atoms with Crippen molar-refractivity contribution in [1.82, 2.24) is 5.32 Å². The van der Waals surface area contributed by atoms with Gasteiger partial charge in [0, 0.05) is 5.54 Å². The van der Waals surface area contributed by atoms with E-state index in [9.17, 15) is 4.39 Å². The van der Waals surface area contributed by atoms with Gasteiger partial charge in [0.25, 0.3) is 0 Å². The van der Waals surface area contributed by atoms with Gasteiger partial charge in [0.05, 0.1) is 0 Å². The molecular weight excluding hydrogens is 237 g/mol. The van der Waals surface area contributed by atoms with Crippen LogP contribution in [-0.4, -0.2) is 12.1 Å². The third-order valence-corrected chi connectivity index (χ3v) is 3.46. The standard InChI is InChI=1S/C17H28FN/c1-16(2,3)19-13-12-17(4,5)11-10-14-6-8-15(18)9-7-14/h6-9,19H,10-13H2,1-5H3. The highest BCUT2D eigenvalue weighted by Crippen LogP contribution is 2.26. The van der Waals surface area contributed by atoms with Crippen molar-refractivity contribution < 1.29 is 4.39 Å². The van der Waals surface area contributed by atoms with Gasteiger partial charge < -0.3 is 5.32 Å². The lowest BCUT2D eigenvalue weighted by molar-refractivity contribution is 0.284. The second kappa shape index (κ2) is 6.51. The normalized spacial score (nSPS) is 12.7. The zero-order chi connectivity index (χ0) is 14.5. The van der Waals surface area contributed by atoms with Gasteiger partial charge in [-0.1, -0.05) is 26.0 Å². The van der Waals surface area contributed by atoms with Crippen LogP contribution in [0.2, 0.25) is 0 Å². The Balaban J connectivity index is 2.35. The molecule has 2 heteroatoms. The topological polar surface area (TPSA) is 12.0 Å². The molecule has 0 bridgehead atoms. The van der Waals surface area contributed by atoms with Crippen LogP contribution in [0.4, 0.5) is 4.39 Å². The van der Waals surface area contributed by atoms with E-state index in [0.29, 0.717) is 5.41 Å². The Morgan fingerprint density at radius 2 is 1.53 bits per heavy atom. The van der Waals surface area contributed by atoms with Crippen LogP contribution in [0.3, 0.4) is 0 Å². The van der Waals surface area contributed by atoms with Gasteiger partial charge in [-0.3, -0.25) is 0 Å². The first-order valence-electron chi connectivity index (χ1n) is 7.17. The fraction of sp³-hybridized carbons (Fsp3) is 0.647. The molecule has 0 spiro atoms. The summed E-state index contributed by atoms with van der Waals surface area (Å²) in [6.07, 6.45) is 3.30. The van der Waals surface area contributed by atoms with E-state index in [2.05, 4.69) is 39.9 Å². The fourth-order valence-electron chi connectivity index (χ4n) is 2.03. The zero-order valence-electron chi connectivity index (χ0n) is 13.0. The van der Waals surface area contributed by atoms with Gasteiger partial charge in [0.1, 0.15) is 5.82 Å². The van der Waals surface area contributed by atoms with E-state index < -0.39 is 0 Å². The molecule has 1 aromatic carbocycles. The van der Waals surface area contributed by atoms with Gasteiger partial charge in [0.2, 0.25) is 0 Å². The molecule has 0 unspecified atom stereocenters. The maximum absolute atomic E-state index is 12.8. The lowest BCUT2D eigenvalue weighted by Crippen LogP contribution is -2.38. The van der Waals surface area contributed by atoms with Crippen molar-refractivity contribution in [2.75, 3.05) is 6.54 Å². The van der Waals surface area contributed by atoms with E-state index in [1.807, 2.05) is 12.1 Å². The molecule has 1 aromatic rings. The van der Waals surface area contributed by atoms with Crippen molar-refractivity contribution in [3.8, 4) is 0 Å². The maximum atomic E-state index is 12.8. The van der Waals surface area contributed by atoms with Gasteiger partial charge in [-0.15, -0.1) is 0 Å². The van der Waals surface area contributed by atoms with E-state index in [-0.39, 0.29) is 11.4 Å². The van der Waals surface area contributed by atoms with Crippen LogP contribution in [0.1, 0.15) is 53.0 Å². The summed E-state index contributed by atoms with van der Waals surface area (Å²) >= 11 is 0. The lowest BCUT2D eigenvalue weighted by atomic mass is 9.83. The molecule has 0 saturated heterocycles. The first-order valence-corrected chi connectivity index (χ1v) is 7.17. The van der Waals surface area contributed by atoms with Crippen molar-refractivity contribution in [2.24, 2.45) is 5.41 Å². The number of hydrogen-bond donors (Lipinski definition) is 1. The number of aryl methyl sites for hydroxylation is 1. The van der Waals surface area contributed by atoms with Crippen LogP contribution in [0.25, 0.3) is 0 Å². The highest BCUT2D eigenvalue weighted by Gasteiger charge is 2.18. The highest BCUT2D eigenvalue weighted by atomic mass is 19.1. The third-order valence-electron chi connectivity index (χ3n) is 3.46. The van der Waals surface area contributed by atoms with Crippen LogP contribution >= 0.6 is 0 Å². The monoisotopic (exact) mass is 265 g/mol. The molecule has 19 heavy (non-hydrogen) atoms. The third kappa shape index (κ3) is 7.31. The second-order valence-electron chi connectivity index (χ2n) is 7.22. The molecule has 0 aliphatic rings. The van der Waals surface area contributed by atoms with Crippen molar-refractivity contribution in [3.05, 3.63) is 35.6 Å². The molecule has 0 saturated carbocycles. The zero-order valence-corrected chi connectivity index (χ0v) is 13.0. The molecule has 0 fully saturated rings. The SMILES string of the molecule is CC(C)(CCNC(C)(C)C)CCc1ccc(F)cc1. The summed E-state index contributed by atoms with van der Waals surface area (Å²) in [7, 11) is 0. The van der Waals surface area contributed by atoms with Crippen LogP contribution in [-0.2, 0) is 6.42 Å². The maximum Gasteiger partial charge on any atom is 0.123 e. The lowest BCUT2D eigenvalue weighted by Gasteiger charge is -2.28. The number of nitrogens with one attached hydrogen (secondary N) is 1. The van der Waals surface area contributed by atoms with Crippen LogP contribution in [0.5, 0.6) is 0 Å². The quantitative estimate of drug-likeness (QED) is 0.795. The summed E-state index contributed by atoms with van der Waals surface area (Å²) < 4.78 is 12.8. The van der Waals surface area contributed by atoms with Crippen LogP contribution in [0, 0.1) is 11.2 Å². The molecule has 0 aromatic heterocycles. The van der Waals surface area contributed by atoms with Gasteiger partial charge >= 0.3 is 0 Å². The average molecular weight is 265 g/mol. The Morgan fingerprint density at radius 3 is 2.05 bits per heavy atom. The van der Waals surface area contributed by atoms with E-state index in [1.165, 1.54) is 5.56 Å². The van der Waals surface area contributed by atoms with Crippen LogP contribution in [0.15, 0.2) is 24.3 Å². The molecule has 0 aliphatic carbocycles. The van der Waals surface area contributed by atoms with Crippen molar-refractivity contribution in [2.45, 2.75) is 59.4 Å². The number of hydrogen-bond acceptors (Lipinski definition) is 1. The molecule has 1 nitrogen and oxygen atoms in total. The second-order valence-corrected chi connectivity index (χ2v) is 7.22. The summed E-state index contributed by atoms with van der Waals surface area (Å²) in [5, 5.41) is 3.53. The molecule has 0 aliphatic heterocycles. The van der Waals surface area contributed by atoms with Gasteiger partial charge in [-0.05, 0) is 69.7 Å². The largest absolute Gasteiger partial charge is 0.312 e. The minimum Gasteiger partial charge on any atom is -0.312 e. The minimum absolute atomic E-state index is 0.155. The van der Waals surface area contributed by atoms with E-state index in [0.717, 1.165) is 25.8 Å². The highest BCUT2D eigenvalue weighted by molar-refractivity contribution is 5.16. The van der Waals surface area contributed by atoms with E-state index >= 15 is 0 Å². The Kier molecular flexibility index (Phi) is 5.54. The Bertz CT molecular complexity index is 373. The summed E-state index contributed by atoms with van der Waals surface area (Å²) in [5.41, 5.74) is 1.72. The Morgan fingerprint density at radius 1 is 0.947 bits per heavy atom. The predicted octanol–water partition coefficient (Wildman–Crippen LogP) is 4.56. The molecule has 0 radical (unpaired) electrons. The first-order chi connectivity index (χ1) is 8.68. The summed E-state index contributed by atoms with van der Waals surface area (Å²) in [5.74, 6) is -0.155. The van der Waals surface area contributed by atoms with Gasteiger partial charge in [-0.2, -0.15) is 0 Å². The molecule has 1 rings (SSSR count). The molecular formula is C17H28FN. The molecule has 0 amide bonds. The molecule has 0 atom stereocenters. The Labute approximate surface area is 117 Å². The Hall–Kier alpha value is -0.890. The molecule has 0 heterocycles. The minimum atomic E-state index is -0.155. The first kappa shape index (κ1) is 16.2. The van der Waals surface area contributed by atoms with Gasteiger partial charge in [-0.25, -0.2) is 4.39 Å². The number of rotatable bonds is 6. The van der Waals surface area contributed by atoms with Crippen molar-refractivity contribution >= 4 is 0 Å². The van der Waals surface area contributed by atoms with Gasteiger partial charge in [0.15, 0.2) is 0 Å². The summed E-state index contributed by atoms with van der Waals surface area (Å²) in [4.78, 5) is 0. The smallest absolute Gasteiger partial charge is 0.123 e.